The molecule has 4 atom stereocenters. The molecule has 0 N–H and O–H groups in total. The number of ether oxygens (including phenoxy) is 2. The third kappa shape index (κ3) is 2.17. The predicted octanol–water partition coefficient (Wildman–Crippen LogP) is 1.97. The smallest absolute Gasteiger partial charge is 0.334 e. The molecule has 0 aromatic heterocycles. The molecule has 2 fully saturated rings. The molecule has 4 rings (SSSR count). The summed E-state index contributed by atoms with van der Waals surface area (Å²) in [5.41, 5.74) is 0.678. The fourth-order valence-corrected chi connectivity index (χ4v) is 4.79. The molecule has 0 aromatic carbocycles. The van der Waals surface area contributed by atoms with E-state index in [-0.39, 0.29) is 30.0 Å². The molecule has 5 heteroatoms. The van der Waals surface area contributed by atoms with Crippen molar-refractivity contribution in [2.75, 3.05) is 13.1 Å². The Morgan fingerprint density at radius 2 is 1.83 bits per heavy atom. The van der Waals surface area contributed by atoms with Crippen LogP contribution in [0, 0.1) is 5.92 Å². The van der Waals surface area contributed by atoms with Gasteiger partial charge >= 0.3 is 11.9 Å². The minimum Gasteiger partial charge on any atom is -0.454 e. The molecule has 4 aliphatic heterocycles. The standard InChI is InChI=1S/C18H23NO4/c1-11-9-14(22-16(11)20)13-5-3-7-19-8-4-6-15(19)18(13)10-12(2)17(21)23-18/h9-10,13-15H,3-8H2,1-2H3/t13-,14-,15-,18+/m0/s1. The zero-order chi connectivity index (χ0) is 16.2. The first-order valence-corrected chi connectivity index (χ1v) is 8.57. The maximum atomic E-state index is 12.2. The van der Waals surface area contributed by atoms with Crippen molar-refractivity contribution in [2.45, 2.75) is 57.3 Å². The molecule has 0 saturated carbocycles. The molecule has 0 unspecified atom stereocenters. The van der Waals surface area contributed by atoms with Crippen molar-refractivity contribution in [2.24, 2.45) is 5.92 Å². The SMILES string of the molecule is CC1=C[C@@H]([C@@H]2CCCN3CCC[C@H]3[C@@]23C=C(C)C(=O)O3)OC1=O. The van der Waals surface area contributed by atoms with Crippen LogP contribution in [-0.4, -0.2) is 47.7 Å². The number of carbonyl (C=O) groups excluding carboxylic acids is 2. The second-order valence-electron chi connectivity index (χ2n) is 7.23. The molecule has 1 spiro atoms. The zero-order valence-corrected chi connectivity index (χ0v) is 13.7. The van der Waals surface area contributed by atoms with Gasteiger partial charge < -0.3 is 9.47 Å². The highest BCUT2D eigenvalue weighted by atomic mass is 16.6. The molecular weight excluding hydrogens is 294 g/mol. The molecule has 23 heavy (non-hydrogen) atoms. The second-order valence-corrected chi connectivity index (χ2v) is 7.23. The van der Waals surface area contributed by atoms with Crippen LogP contribution in [0.5, 0.6) is 0 Å². The summed E-state index contributed by atoms with van der Waals surface area (Å²) >= 11 is 0. The van der Waals surface area contributed by atoms with E-state index in [4.69, 9.17) is 9.47 Å². The fourth-order valence-electron chi connectivity index (χ4n) is 4.79. The Hall–Kier alpha value is -1.62. The summed E-state index contributed by atoms with van der Waals surface area (Å²) in [5, 5.41) is 0. The van der Waals surface area contributed by atoms with Gasteiger partial charge in [-0.25, -0.2) is 9.59 Å². The number of hydrogen-bond donors (Lipinski definition) is 0. The molecular formula is C18H23NO4. The molecule has 4 heterocycles. The first-order valence-electron chi connectivity index (χ1n) is 8.57. The second kappa shape index (κ2) is 5.20. The van der Waals surface area contributed by atoms with Crippen LogP contribution < -0.4 is 0 Å². The summed E-state index contributed by atoms with van der Waals surface area (Å²) in [5.74, 6) is -0.477. The minimum atomic E-state index is -0.653. The highest BCUT2D eigenvalue weighted by Crippen LogP contribution is 2.47. The number of cyclic esters (lactones) is 1. The lowest BCUT2D eigenvalue weighted by atomic mass is 9.75. The third-order valence-corrected chi connectivity index (χ3v) is 5.83. The van der Waals surface area contributed by atoms with Gasteiger partial charge in [0.25, 0.3) is 0 Å². The monoisotopic (exact) mass is 317 g/mol. The van der Waals surface area contributed by atoms with E-state index in [1.807, 2.05) is 19.1 Å². The molecule has 0 bridgehead atoms. The van der Waals surface area contributed by atoms with Crippen LogP contribution in [0.3, 0.4) is 0 Å². The highest BCUT2D eigenvalue weighted by Gasteiger charge is 2.58. The Kier molecular flexibility index (Phi) is 3.38. The zero-order valence-electron chi connectivity index (χ0n) is 13.7. The van der Waals surface area contributed by atoms with Gasteiger partial charge in [-0.1, -0.05) is 0 Å². The van der Waals surface area contributed by atoms with Crippen molar-refractivity contribution in [1.29, 1.82) is 0 Å². The Labute approximate surface area is 136 Å². The third-order valence-electron chi connectivity index (χ3n) is 5.83. The van der Waals surface area contributed by atoms with Crippen LogP contribution in [0.4, 0.5) is 0 Å². The van der Waals surface area contributed by atoms with Crippen LogP contribution in [-0.2, 0) is 19.1 Å². The lowest BCUT2D eigenvalue weighted by Crippen LogP contribution is -2.55. The van der Waals surface area contributed by atoms with Crippen LogP contribution in [0.25, 0.3) is 0 Å². The number of hydrogen-bond acceptors (Lipinski definition) is 5. The van der Waals surface area contributed by atoms with Gasteiger partial charge in [-0.15, -0.1) is 0 Å². The molecule has 0 amide bonds. The summed E-state index contributed by atoms with van der Waals surface area (Å²) in [6.07, 6.45) is 7.72. The average Bonchev–Trinajstić information content (AvgIpc) is 3.14. The van der Waals surface area contributed by atoms with Gasteiger partial charge in [0.1, 0.15) is 6.10 Å². The van der Waals surface area contributed by atoms with E-state index in [1.165, 1.54) is 0 Å². The van der Waals surface area contributed by atoms with Crippen molar-refractivity contribution < 1.29 is 19.1 Å². The summed E-state index contributed by atoms with van der Waals surface area (Å²) in [4.78, 5) is 26.5. The molecule has 0 aromatic rings. The van der Waals surface area contributed by atoms with Crippen molar-refractivity contribution >= 4 is 11.9 Å². The molecule has 0 aliphatic carbocycles. The molecule has 4 aliphatic rings. The quantitative estimate of drug-likeness (QED) is 0.692. The molecule has 124 valence electrons. The molecule has 2 saturated heterocycles. The van der Waals surface area contributed by atoms with Crippen LogP contribution in [0.1, 0.15) is 39.5 Å². The number of nitrogens with zero attached hydrogens (tertiary/aromatic N) is 1. The van der Waals surface area contributed by atoms with Crippen molar-refractivity contribution in [1.82, 2.24) is 4.90 Å². The van der Waals surface area contributed by atoms with E-state index < -0.39 is 5.60 Å². The van der Waals surface area contributed by atoms with E-state index in [9.17, 15) is 9.59 Å². The van der Waals surface area contributed by atoms with E-state index in [0.717, 1.165) is 38.8 Å². The van der Waals surface area contributed by atoms with Gasteiger partial charge in [0, 0.05) is 17.1 Å². The Bertz CT molecular complexity index is 623. The van der Waals surface area contributed by atoms with E-state index >= 15 is 0 Å². The average molecular weight is 317 g/mol. The summed E-state index contributed by atoms with van der Waals surface area (Å²) in [6, 6.07) is 0.199. The minimum absolute atomic E-state index is 0.00148. The van der Waals surface area contributed by atoms with Crippen molar-refractivity contribution in [3.05, 3.63) is 23.3 Å². The van der Waals surface area contributed by atoms with Gasteiger partial charge in [0.05, 0.1) is 6.04 Å². The first-order chi connectivity index (χ1) is 11.0. The van der Waals surface area contributed by atoms with E-state index in [1.54, 1.807) is 6.92 Å². The summed E-state index contributed by atoms with van der Waals surface area (Å²) in [6.45, 7) is 5.69. The van der Waals surface area contributed by atoms with Crippen LogP contribution in [0.2, 0.25) is 0 Å². The number of carbonyl (C=O) groups is 2. The maximum absolute atomic E-state index is 12.2. The maximum Gasteiger partial charge on any atom is 0.334 e. The van der Waals surface area contributed by atoms with Gasteiger partial charge in [-0.3, -0.25) is 4.90 Å². The molecule has 0 radical (unpaired) electrons. The van der Waals surface area contributed by atoms with Crippen LogP contribution in [0.15, 0.2) is 23.3 Å². The van der Waals surface area contributed by atoms with Crippen LogP contribution >= 0.6 is 0 Å². The Morgan fingerprint density at radius 1 is 1.09 bits per heavy atom. The van der Waals surface area contributed by atoms with Gasteiger partial charge in [0.15, 0.2) is 5.60 Å². The summed E-state index contributed by atoms with van der Waals surface area (Å²) in [7, 11) is 0. The van der Waals surface area contributed by atoms with Gasteiger partial charge in [0.2, 0.25) is 0 Å². The first kappa shape index (κ1) is 14.9. The van der Waals surface area contributed by atoms with Gasteiger partial charge in [-0.2, -0.15) is 0 Å². The number of rotatable bonds is 1. The lowest BCUT2D eigenvalue weighted by Gasteiger charge is -2.42. The number of fused-ring (bicyclic) bond motifs is 2. The Balaban J connectivity index is 1.77. The number of esters is 2. The van der Waals surface area contributed by atoms with E-state index in [0.29, 0.717) is 11.1 Å². The topological polar surface area (TPSA) is 55.8 Å². The Morgan fingerprint density at radius 3 is 2.43 bits per heavy atom. The largest absolute Gasteiger partial charge is 0.454 e. The normalized spacial score (nSPS) is 40.5. The lowest BCUT2D eigenvalue weighted by molar-refractivity contribution is -0.163. The van der Waals surface area contributed by atoms with E-state index in [2.05, 4.69) is 4.90 Å². The van der Waals surface area contributed by atoms with Crippen molar-refractivity contribution in [3.63, 3.8) is 0 Å². The predicted molar refractivity (Wildman–Crippen MR) is 83.5 cm³/mol. The summed E-state index contributed by atoms with van der Waals surface area (Å²) < 4.78 is 11.6. The van der Waals surface area contributed by atoms with Gasteiger partial charge in [-0.05, 0) is 64.8 Å². The fraction of sp³-hybridized carbons (Fsp3) is 0.667. The molecule has 5 nitrogen and oxygen atoms in total. The highest BCUT2D eigenvalue weighted by molar-refractivity contribution is 5.92. The van der Waals surface area contributed by atoms with Crippen molar-refractivity contribution in [3.8, 4) is 0 Å².